The lowest BCUT2D eigenvalue weighted by Crippen LogP contribution is -1.97. The first-order valence-electron chi connectivity index (χ1n) is 20.1. The third-order valence-electron chi connectivity index (χ3n) is 11.4. The molecule has 3 heteroatoms. The summed E-state index contributed by atoms with van der Waals surface area (Å²) in [6, 6.07) is 80.0. The molecule has 0 bridgehead atoms. The highest BCUT2D eigenvalue weighted by Crippen LogP contribution is 2.40. The van der Waals surface area contributed by atoms with Crippen molar-refractivity contribution in [1.82, 2.24) is 14.5 Å². The Kier molecular flexibility index (Phi) is 8.49. The minimum Gasteiger partial charge on any atom is -0.309 e. The van der Waals surface area contributed by atoms with Gasteiger partial charge in [-0.05, 0) is 74.5 Å². The van der Waals surface area contributed by atoms with E-state index in [1.54, 1.807) is 0 Å². The van der Waals surface area contributed by atoms with Crippen molar-refractivity contribution in [2.75, 3.05) is 0 Å². The Labute approximate surface area is 343 Å². The van der Waals surface area contributed by atoms with Crippen molar-refractivity contribution in [1.29, 1.82) is 0 Å². The van der Waals surface area contributed by atoms with E-state index in [-0.39, 0.29) is 0 Å². The van der Waals surface area contributed by atoms with E-state index in [9.17, 15) is 0 Å². The second-order valence-electron chi connectivity index (χ2n) is 15.0. The van der Waals surface area contributed by atoms with Gasteiger partial charge in [-0.3, -0.25) is 0 Å². The van der Waals surface area contributed by atoms with E-state index in [0.717, 1.165) is 44.7 Å². The standard InChI is InChI=1S/C56H37N3/c1-5-15-38(16-6-1)43-27-31-50-51-32-28-44(39-17-7-2-8-18-39)36-55(51)59(54(50)35-43)45-29-25-40(26-30-45)46-33-34-49(48-24-14-13-23-47(46)48)53-37-52(41-19-9-3-10-20-41)57-56(58-53)42-21-11-4-12-22-42/h1-37H. The van der Waals surface area contributed by atoms with Gasteiger partial charge in [-0.2, -0.15) is 0 Å². The zero-order chi connectivity index (χ0) is 39.1. The summed E-state index contributed by atoms with van der Waals surface area (Å²) in [6.07, 6.45) is 0. The van der Waals surface area contributed by atoms with Gasteiger partial charge in [0.1, 0.15) is 0 Å². The Morgan fingerprint density at radius 1 is 0.271 bits per heavy atom. The molecule has 0 aliphatic carbocycles. The summed E-state index contributed by atoms with van der Waals surface area (Å²) in [4.78, 5) is 10.2. The number of hydrogen-bond acceptors (Lipinski definition) is 2. The van der Waals surface area contributed by atoms with Crippen LogP contribution in [-0.4, -0.2) is 14.5 Å². The van der Waals surface area contributed by atoms with Gasteiger partial charge < -0.3 is 4.57 Å². The Morgan fingerprint density at radius 2 is 0.712 bits per heavy atom. The van der Waals surface area contributed by atoms with Gasteiger partial charge in [-0.25, -0.2) is 9.97 Å². The molecule has 59 heavy (non-hydrogen) atoms. The fourth-order valence-corrected chi connectivity index (χ4v) is 8.54. The maximum absolute atomic E-state index is 5.18. The molecule has 0 spiro atoms. The average molecular weight is 752 g/mol. The normalized spacial score (nSPS) is 11.4. The van der Waals surface area contributed by atoms with Gasteiger partial charge in [-0.1, -0.05) is 194 Å². The fraction of sp³-hybridized carbons (Fsp3) is 0. The molecule has 9 aromatic carbocycles. The molecule has 2 heterocycles. The second kappa shape index (κ2) is 14.6. The number of fused-ring (bicyclic) bond motifs is 4. The molecule has 0 aliphatic heterocycles. The predicted octanol–water partition coefficient (Wildman–Crippen LogP) is 14.7. The Balaban J connectivity index is 1.04. The third kappa shape index (κ3) is 6.26. The van der Waals surface area contributed by atoms with E-state index < -0.39 is 0 Å². The molecular formula is C56H37N3. The van der Waals surface area contributed by atoms with Crippen LogP contribution in [0.1, 0.15) is 0 Å². The first-order chi connectivity index (χ1) is 29.2. The Bertz CT molecular complexity index is 3130. The second-order valence-corrected chi connectivity index (χ2v) is 15.0. The molecule has 0 unspecified atom stereocenters. The summed E-state index contributed by atoms with van der Waals surface area (Å²) in [7, 11) is 0. The molecule has 276 valence electrons. The van der Waals surface area contributed by atoms with Crippen molar-refractivity contribution >= 4 is 32.6 Å². The highest BCUT2D eigenvalue weighted by Gasteiger charge is 2.17. The van der Waals surface area contributed by atoms with Crippen LogP contribution in [0.25, 0.3) is 106 Å². The minimum absolute atomic E-state index is 0.711. The summed E-state index contributed by atoms with van der Waals surface area (Å²) in [5, 5.41) is 4.80. The van der Waals surface area contributed by atoms with Gasteiger partial charge in [0.05, 0.1) is 22.4 Å². The molecule has 0 saturated heterocycles. The van der Waals surface area contributed by atoms with Crippen LogP contribution in [-0.2, 0) is 0 Å². The molecule has 0 saturated carbocycles. The van der Waals surface area contributed by atoms with Crippen molar-refractivity contribution in [2.45, 2.75) is 0 Å². The summed E-state index contributed by atoms with van der Waals surface area (Å²) in [6.45, 7) is 0. The molecule has 3 nitrogen and oxygen atoms in total. The molecule has 0 atom stereocenters. The number of benzene rings is 9. The smallest absolute Gasteiger partial charge is 0.160 e. The molecule has 0 fully saturated rings. The summed E-state index contributed by atoms with van der Waals surface area (Å²) >= 11 is 0. The van der Waals surface area contributed by atoms with Gasteiger partial charge in [0.2, 0.25) is 0 Å². The molecule has 0 aliphatic rings. The van der Waals surface area contributed by atoms with Crippen LogP contribution >= 0.6 is 0 Å². The van der Waals surface area contributed by atoms with Gasteiger partial charge in [0.25, 0.3) is 0 Å². The number of nitrogens with zero attached hydrogens (tertiary/aromatic N) is 3. The number of hydrogen-bond donors (Lipinski definition) is 0. The molecule has 0 radical (unpaired) electrons. The minimum atomic E-state index is 0.711. The zero-order valence-corrected chi connectivity index (χ0v) is 32.2. The summed E-state index contributed by atoms with van der Waals surface area (Å²) < 4.78 is 2.43. The quantitative estimate of drug-likeness (QED) is 0.162. The maximum Gasteiger partial charge on any atom is 0.160 e. The lowest BCUT2D eigenvalue weighted by molar-refractivity contribution is 1.18. The SMILES string of the molecule is c1ccc(-c2ccc3c4ccc(-c5ccccc5)cc4n(-c4ccc(-c5ccc(-c6cc(-c7ccccc7)nc(-c7ccccc7)n6)c6ccccc56)cc4)c3c2)cc1. The van der Waals surface area contributed by atoms with Crippen molar-refractivity contribution in [3.05, 3.63) is 224 Å². The van der Waals surface area contributed by atoms with E-state index in [4.69, 9.17) is 9.97 Å². The van der Waals surface area contributed by atoms with Gasteiger partial charge >= 0.3 is 0 Å². The molecule has 11 aromatic rings. The van der Waals surface area contributed by atoms with E-state index in [0.29, 0.717) is 5.82 Å². The van der Waals surface area contributed by atoms with Crippen LogP contribution in [0, 0.1) is 0 Å². The van der Waals surface area contributed by atoms with E-state index in [1.807, 2.05) is 24.3 Å². The van der Waals surface area contributed by atoms with Crippen LogP contribution in [0.2, 0.25) is 0 Å². The van der Waals surface area contributed by atoms with Gasteiger partial charge in [-0.15, -0.1) is 0 Å². The first kappa shape index (κ1) is 34.4. The highest BCUT2D eigenvalue weighted by atomic mass is 15.0. The van der Waals surface area contributed by atoms with Crippen molar-refractivity contribution < 1.29 is 0 Å². The van der Waals surface area contributed by atoms with Crippen LogP contribution in [0.15, 0.2) is 224 Å². The lowest BCUT2D eigenvalue weighted by atomic mass is 9.93. The van der Waals surface area contributed by atoms with Gasteiger partial charge in [0, 0.05) is 33.2 Å². The molecule has 11 rings (SSSR count). The maximum atomic E-state index is 5.18. The summed E-state index contributed by atoms with van der Waals surface area (Å²) in [5.74, 6) is 0.711. The van der Waals surface area contributed by atoms with Crippen molar-refractivity contribution in [2.24, 2.45) is 0 Å². The fourth-order valence-electron chi connectivity index (χ4n) is 8.54. The molecular weight excluding hydrogens is 715 g/mol. The lowest BCUT2D eigenvalue weighted by Gasteiger charge is -2.15. The molecule has 0 N–H and O–H groups in total. The van der Waals surface area contributed by atoms with Crippen LogP contribution < -0.4 is 0 Å². The Morgan fingerprint density at radius 3 is 1.27 bits per heavy atom. The monoisotopic (exact) mass is 751 g/mol. The van der Waals surface area contributed by atoms with E-state index >= 15 is 0 Å². The average Bonchev–Trinajstić information content (AvgIpc) is 3.65. The largest absolute Gasteiger partial charge is 0.309 e. The number of aromatic nitrogens is 3. The van der Waals surface area contributed by atoms with E-state index in [1.165, 1.54) is 55.0 Å². The van der Waals surface area contributed by atoms with Crippen LogP contribution in [0.3, 0.4) is 0 Å². The van der Waals surface area contributed by atoms with Crippen molar-refractivity contribution in [3.8, 4) is 73.0 Å². The zero-order valence-electron chi connectivity index (χ0n) is 32.2. The molecule has 2 aromatic heterocycles. The van der Waals surface area contributed by atoms with E-state index in [2.05, 4.69) is 205 Å². The summed E-state index contributed by atoms with van der Waals surface area (Å²) in [5.41, 5.74) is 15.5. The number of rotatable bonds is 7. The van der Waals surface area contributed by atoms with Gasteiger partial charge in [0.15, 0.2) is 5.82 Å². The van der Waals surface area contributed by atoms with Crippen LogP contribution in [0.4, 0.5) is 0 Å². The predicted molar refractivity (Wildman–Crippen MR) is 246 cm³/mol. The third-order valence-corrected chi connectivity index (χ3v) is 11.4. The van der Waals surface area contributed by atoms with Crippen LogP contribution in [0.5, 0.6) is 0 Å². The van der Waals surface area contributed by atoms with Crippen molar-refractivity contribution in [3.63, 3.8) is 0 Å². The first-order valence-corrected chi connectivity index (χ1v) is 20.1. The topological polar surface area (TPSA) is 30.7 Å². The Hall–Kier alpha value is -7.88. The molecule has 0 amide bonds. The highest BCUT2D eigenvalue weighted by molar-refractivity contribution is 6.11.